The highest BCUT2D eigenvalue weighted by molar-refractivity contribution is 5.77. The van der Waals surface area contributed by atoms with Gasteiger partial charge < -0.3 is 9.84 Å². The largest absolute Gasteiger partial charge is 0.469 e. The maximum atomic E-state index is 11.7. The van der Waals surface area contributed by atoms with E-state index in [4.69, 9.17) is 10.00 Å². The number of benzene rings is 1. The second-order valence-electron chi connectivity index (χ2n) is 4.88. The van der Waals surface area contributed by atoms with E-state index in [2.05, 4.69) is 0 Å². The summed E-state index contributed by atoms with van der Waals surface area (Å²) >= 11 is 0. The number of aliphatic hydroxyl groups is 1. The second kappa shape index (κ2) is 4.79. The van der Waals surface area contributed by atoms with Gasteiger partial charge in [-0.3, -0.25) is 4.79 Å². The number of carbonyl (C=O) groups is 1. The van der Waals surface area contributed by atoms with E-state index in [1.54, 1.807) is 45.0 Å². The van der Waals surface area contributed by atoms with Crippen molar-refractivity contribution < 1.29 is 14.6 Å². The predicted octanol–water partition coefficient (Wildman–Crippen LogP) is 1.96. The summed E-state index contributed by atoms with van der Waals surface area (Å²) in [6, 6.07) is 8.51. The minimum Gasteiger partial charge on any atom is -0.469 e. The number of rotatable bonds is 3. The summed E-state index contributed by atoms with van der Waals surface area (Å²) in [6.07, 6.45) is 0. The number of esters is 1. The predicted molar refractivity (Wildman–Crippen MR) is 66.5 cm³/mol. The topological polar surface area (TPSA) is 70.3 Å². The Morgan fingerprint density at radius 2 is 1.78 bits per heavy atom. The molecule has 0 bridgehead atoms. The van der Waals surface area contributed by atoms with Gasteiger partial charge in [-0.1, -0.05) is 12.1 Å². The van der Waals surface area contributed by atoms with Crippen LogP contribution in [0.2, 0.25) is 0 Å². The smallest absolute Gasteiger partial charge is 0.314 e. The van der Waals surface area contributed by atoms with Crippen LogP contribution in [-0.4, -0.2) is 18.2 Å². The van der Waals surface area contributed by atoms with Crippen molar-refractivity contribution in [1.29, 1.82) is 5.26 Å². The van der Waals surface area contributed by atoms with Gasteiger partial charge in [-0.25, -0.2) is 0 Å². The number of carbonyl (C=O) groups excluding carboxylic acids is 1. The lowest BCUT2D eigenvalue weighted by atomic mass is 9.72. The van der Waals surface area contributed by atoms with E-state index >= 15 is 0 Å². The maximum absolute atomic E-state index is 11.7. The summed E-state index contributed by atoms with van der Waals surface area (Å²) in [4.78, 5) is 11.7. The van der Waals surface area contributed by atoms with Crippen molar-refractivity contribution in [2.45, 2.75) is 26.4 Å². The summed E-state index contributed by atoms with van der Waals surface area (Å²) in [6.45, 7) is 4.80. The van der Waals surface area contributed by atoms with E-state index in [0.717, 1.165) is 0 Å². The first-order chi connectivity index (χ1) is 8.27. The van der Waals surface area contributed by atoms with Crippen LogP contribution in [0.3, 0.4) is 0 Å². The highest BCUT2D eigenvalue weighted by atomic mass is 16.5. The third-order valence-electron chi connectivity index (χ3n) is 3.49. The number of methoxy groups -OCH3 is 1. The quantitative estimate of drug-likeness (QED) is 0.829. The molecule has 1 N–H and O–H groups in total. The molecule has 0 saturated carbocycles. The molecule has 1 rings (SSSR count). The molecule has 1 unspecified atom stereocenters. The molecule has 4 nitrogen and oxygen atoms in total. The lowest BCUT2D eigenvalue weighted by Crippen LogP contribution is -2.45. The van der Waals surface area contributed by atoms with Crippen molar-refractivity contribution in [2.75, 3.05) is 7.11 Å². The van der Waals surface area contributed by atoms with E-state index in [1.807, 2.05) is 6.07 Å². The van der Waals surface area contributed by atoms with Gasteiger partial charge in [0.25, 0.3) is 0 Å². The Kier molecular flexibility index (Phi) is 3.78. The lowest BCUT2D eigenvalue weighted by Gasteiger charge is -2.37. The van der Waals surface area contributed by atoms with Crippen molar-refractivity contribution in [1.82, 2.24) is 0 Å². The Morgan fingerprint density at radius 3 is 2.17 bits per heavy atom. The SMILES string of the molecule is COC(=O)C(C)(C)C(C)(O)c1ccc(C#N)cc1. The van der Waals surface area contributed by atoms with E-state index in [1.165, 1.54) is 7.11 Å². The Labute approximate surface area is 107 Å². The van der Waals surface area contributed by atoms with Crippen molar-refractivity contribution in [3.05, 3.63) is 35.4 Å². The third-order valence-corrected chi connectivity index (χ3v) is 3.49. The number of nitrogens with zero attached hydrogens (tertiary/aromatic N) is 1. The first-order valence-electron chi connectivity index (χ1n) is 5.59. The summed E-state index contributed by atoms with van der Waals surface area (Å²) in [5.74, 6) is -0.489. The molecule has 0 amide bonds. The highest BCUT2D eigenvalue weighted by Crippen LogP contribution is 2.40. The third kappa shape index (κ3) is 2.22. The Hall–Kier alpha value is -1.86. The van der Waals surface area contributed by atoms with Crippen LogP contribution >= 0.6 is 0 Å². The molecule has 0 fully saturated rings. The molecule has 1 aromatic rings. The molecular weight excluding hydrogens is 230 g/mol. The standard InChI is InChI=1S/C14H17NO3/c1-13(2,12(16)18-4)14(3,17)11-7-5-10(9-15)6-8-11/h5-8,17H,1-4H3. The van der Waals surface area contributed by atoms with E-state index < -0.39 is 17.0 Å². The average molecular weight is 247 g/mol. The van der Waals surface area contributed by atoms with Crippen LogP contribution in [0, 0.1) is 16.7 Å². The van der Waals surface area contributed by atoms with Crippen molar-refractivity contribution >= 4 is 5.97 Å². The normalized spacial score (nSPS) is 14.4. The molecule has 96 valence electrons. The first-order valence-corrected chi connectivity index (χ1v) is 5.59. The van der Waals surface area contributed by atoms with E-state index in [9.17, 15) is 9.90 Å². The van der Waals surface area contributed by atoms with Gasteiger partial charge in [0, 0.05) is 0 Å². The monoisotopic (exact) mass is 247 g/mol. The zero-order chi connectivity index (χ0) is 14.0. The molecule has 0 aliphatic heterocycles. The lowest BCUT2D eigenvalue weighted by molar-refractivity contribution is -0.167. The van der Waals surface area contributed by atoms with E-state index in [0.29, 0.717) is 11.1 Å². The van der Waals surface area contributed by atoms with Gasteiger partial charge in [-0.05, 0) is 38.5 Å². The Bertz CT molecular complexity index is 481. The Morgan fingerprint density at radius 1 is 1.28 bits per heavy atom. The van der Waals surface area contributed by atoms with Crippen molar-refractivity contribution in [2.24, 2.45) is 5.41 Å². The second-order valence-corrected chi connectivity index (χ2v) is 4.88. The molecule has 1 atom stereocenters. The molecular formula is C14H17NO3. The van der Waals surface area contributed by atoms with Crippen LogP contribution in [0.1, 0.15) is 31.9 Å². The fourth-order valence-corrected chi connectivity index (χ4v) is 1.68. The molecule has 1 aromatic carbocycles. The summed E-state index contributed by atoms with van der Waals surface area (Å²) in [5, 5.41) is 19.3. The van der Waals surface area contributed by atoms with Gasteiger partial charge in [0.2, 0.25) is 0 Å². The highest BCUT2D eigenvalue weighted by Gasteiger charge is 2.47. The van der Waals surface area contributed by atoms with Gasteiger partial charge in [-0.15, -0.1) is 0 Å². The molecule has 4 heteroatoms. The molecule has 0 saturated heterocycles. The molecule has 18 heavy (non-hydrogen) atoms. The van der Waals surface area contributed by atoms with Gasteiger partial charge >= 0.3 is 5.97 Å². The van der Waals surface area contributed by atoms with Crippen molar-refractivity contribution in [3.8, 4) is 6.07 Å². The zero-order valence-electron chi connectivity index (χ0n) is 11.0. The summed E-state index contributed by atoms with van der Waals surface area (Å²) in [5.41, 5.74) is -1.40. The van der Waals surface area contributed by atoms with Gasteiger partial charge in [0.15, 0.2) is 0 Å². The van der Waals surface area contributed by atoms with Crippen LogP contribution in [-0.2, 0) is 15.1 Å². The number of hydrogen-bond acceptors (Lipinski definition) is 4. The molecule has 0 aromatic heterocycles. The minimum atomic E-state index is -1.38. The Balaban J connectivity index is 3.20. The van der Waals surface area contributed by atoms with Gasteiger partial charge in [0.1, 0.15) is 5.60 Å². The number of hydrogen-bond donors (Lipinski definition) is 1. The van der Waals surface area contributed by atoms with Crippen molar-refractivity contribution in [3.63, 3.8) is 0 Å². The van der Waals surface area contributed by atoms with E-state index in [-0.39, 0.29) is 0 Å². The number of ether oxygens (including phenoxy) is 1. The molecule has 0 radical (unpaired) electrons. The zero-order valence-corrected chi connectivity index (χ0v) is 11.0. The molecule has 0 aliphatic rings. The van der Waals surface area contributed by atoms with Gasteiger partial charge in [-0.2, -0.15) is 5.26 Å². The number of nitriles is 1. The van der Waals surface area contributed by atoms with Crippen LogP contribution in [0.25, 0.3) is 0 Å². The maximum Gasteiger partial charge on any atom is 0.314 e. The molecule has 0 heterocycles. The molecule has 0 aliphatic carbocycles. The summed E-state index contributed by atoms with van der Waals surface area (Å²) in [7, 11) is 1.29. The van der Waals surface area contributed by atoms with Gasteiger partial charge in [0.05, 0.1) is 24.2 Å². The molecule has 0 spiro atoms. The van der Waals surface area contributed by atoms with Crippen LogP contribution < -0.4 is 0 Å². The van der Waals surface area contributed by atoms with Crippen LogP contribution in [0.4, 0.5) is 0 Å². The fraction of sp³-hybridized carbons (Fsp3) is 0.429. The first kappa shape index (κ1) is 14.2. The minimum absolute atomic E-state index is 0.489. The average Bonchev–Trinajstić information content (AvgIpc) is 2.37. The fourth-order valence-electron chi connectivity index (χ4n) is 1.68. The van der Waals surface area contributed by atoms with Crippen LogP contribution in [0.15, 0.2) is 24.3 Å². The van der Waals surface area contributed by atoms with Crippen LogP contribution in [0.5, 0.6) is 0 Å². The summed E-state index contributed by atoms with van der Waals surface area (Å²) < 4.78 is 4.72.